The van der Waals surface area contributed by atoms with Crippen molar-refractivity contribution in [1.82, 2.24) is 4.57 Å². The smallest absolute Gasteiger partial charge is 0.259 e. The van der Waals surface area contributed by atoms with Gasteiger partial charge in [-0.3, -0.25) is 9.36 Å². The molecule has 0 fully saturated rings. The third-order valence-corrected chi connectivity index (χ3v) is 3.09. The van der Waals surface area contributed by atoms with Gasteiger partial charge in [-0.1, -0.05) is 18.2 Å². The van der Waals surface area contributed by atoms with Crippen LogP contribution in [0.5, 0.6) is 0 Å². The first-order chi connectivity index (χ1) is 8.13. The Labute approximate surface area is 108 Å². The van der Waals surface area contributed by atoms with Crippen molar-refractivity contribution in [1.29, 1.82) is 0 Å². The molecule has 2 rings (SSSR count). The van der Waals surface area contributed by atoms with E-state index in [-0.39, 0.29) is 12.1 Å². The fourth-order valence-electron chi connectivity index (χ4n) is 1.76. The van der Waals surface area contributed by atoms with Crippen molar-refractivity contribution in [3.05, 3.63) is 62.5 Å². The maximum absolute atomic E-state index is 12.2. The topological polar surface area (TPSA) is 48.0 Å². The van der Waals surface area contributed by atoms with Gasteiger partial charge in [0.05, 0.1) is 5.69 Å². The average molecular weight is 293 g/mol. The van der Waals surface area contributed by atoms with E-state index in [1.54, 1.807) is 16.8 Å². The number of hydrogen-bond donors (Lipinski definition) is 1. The van der Waals surface area contributed by atoms with Gasteiger partial charge in [0.2, 0.25) is 0 Å². The molecule has 0 atom stereocenters. The molecular weight excluding hydrogens is 280 g/mol. The van der Waals surface area contributed by atoms with E-state index >= 15 is 0 Å². The molecule has 2 N–H and O–H groups in total. The lowest BCUT2D eigenvalue weighted by Gasteiger charge is -2.11. The number of hydrogen-bond acceptors (Lipinski definition) is 2. The molecule has 1 heterocycles. The molecule has 0 aliphatic rings. The second-order valence-corrected chi connectivity index (χ2v) is 4.77. The number of benzene rings is 1. The normalized spacial score (nSPS) is 10.5. The summed E-state index contributed by atoms with van der Waals surface area (Å²) in [5.74, 6) is 0. The second kappa shape index (κ2) is 4.85. The van der Waals surface area contributed by atoms with E-state index in [9.17, 15) is 4.79 Å². The van der Waals surface area contributed by atoms with Crippen molar-refractivity contribution in [2.75, 3.05) is 0 Å². The summed E-state index contributed by atoms with van der Waals surface area (Å²) < 4.78 is 2.47. The lowest BCUT2D eigenvalue weighted by molar-refractivity contribution is 0.913. The Morgan fingerprint density at radius 1 is 1.35 bits per heavy atom. The average Bonchev–Trinajstić information content (AvgIpc) is 2.32. The Balaban J connectivity index is 2.72. The van der Waals surface area contributed by atoms with Crippen molar-refractivity contribution < 1.29 is 0 Å². The lowest BCUT2D eigenvalue weighted by Crippen LogP contribution is -2.24. The second-order valence-electron chi connectivity index (χ2n) is 3.85. The number of pyridine rings is 1. The van der Waals surface area contributed by atoms with Crippen molar-refractivity contribution in [3.63, 3.8) is 0 Å². The summed E-state index contributed by atoms with van der Waals surface area (Å²) in [6.45, 7) is 2.22. The first-order valence-electron chi connectivity index (χ1n) is 5.30. The molecule has 0 bridgehead atoms. The van der Waals surface area contributed by atoms with Crippen molar-refractivity contribution in [3.8, 4) is 5.69 Å². The molecule has 0 radical (unpaired) electrons. The summed E-state index contributed by atoms with van der Waals surface area (Å²) in [6, 6.07) is 9.52. The van der Waals surface area contributed by atoms with Crippen LogP contribution < -0.4 is 11.3 Å². The standard InChI is InChI=1S/C13H13BrN2O/c1-9-4-2-3-5-12(9)16-8-11(14)6-10(7-15)13(16)17/h2-6,8H,7,15H2,1H3. The molecule has 0 saturated heterocycles. The van der Waals surface area contributed by atoms with Crippen molar-refractivity contribution >= 4 is 15.9 Å². The van der Waals surface area contributed by atoms with Gasteiger partial charge in [-0.15, -0.1) is 0 Å². The fraction of sp³-hybridized carbons (Fsp3) is 0.154. The SMILES string of the molecule is Cc1ccccc1-n1cc(Br)cc(CN)c1=O. The molecule has 0 amide bonds. The molecular formula is C13H13BrN2O. The molecule has 1 aromatic carbocycles. The van der Waals surface area contributed by atoms with E-state index in [2.05, 4.69) is 15.9 Å². The minimum Gasteiger partial charge on any atom is -0.326 e. The molecule has 1 aromatic heterocycles. The van der Waals surface area contributed by atoms with E-state index in [1.807, 2.05) is 31.2 Å². The Morgan fingerprint density at radius 2 is 2.06 bits per heavy atom. The quantitative estimate of drug-likeness (QED) is 0.924. The van der Waals surface area contributed by atoms with Gasteiger partial charge in [-0.2, -0.15) is 0 Å². The first kappa shape index (κ1) is 12.1. The number of aromatic nitrogens is 1. The van der Waals surface area contributed by atoms with Crippen LogP contribution >= 0.6 is 15.9 Å². The summed E-state index contributed by atoms with van der Waals surface area (Å²) in [5.41, 5.74) is 8.04. The number of halogens is 1. The van der Waals surface area contributed by atoms with Crippen molar-refractivity contribution in [2.24, 2.45) is 5.73 Å². The van der Waals surface area contributed by atoms with E-state index in [0.29, 0.717) is 5.56 Å². The highest BCUT2D eigenvalue weighted by atomic mass is 79.9. The van der Waals surface area contributed by atoms with Crippen LogP contribution in [-0.4, -0.2) is 4.57 Å². The van der Waals surface area contributed by atoms with Gasteiger partial charge in [-0.25, -0.2) is 0 Å². The molecule has 0 aliphatic heterocycles. The molecule has 0 aliphatic carbocycles. The Hall–Kier alpha value is -1.39. The van der Waals surface area contributed by atoms with Crippen LogP contribution in [0.3, 0.4) is 0 Å². The summed E-state index contributed by atoms with van der Waals surface area (Å²) in [5, 5.41) is 0. The third-order valence-electron chi connectivity index (χ3n) is 2.65. The molecule has 0 spiro atoms. The summed E-state index contributed by atoms with van der Waals surface area (Å²) in [7, 11) is 0. The highest BCUT2D eigenvalue weighted by molar-refractivity contribution is 9.10. The zero-order valence-electron chi connectivity index (χ0n) is 9.48. The van der Waals surface area contributed by atoms with Gasteiger partial charge in [0.25, 0.3) is 5.56 Å². The van der Waals surface area contributed by atoms with Crippen LogP contribution in [0.2, 0.25) is 0 Å². The zero-order chi connectivity index (χ0) is 12.4. The van der Waals surface area contributed by atoms with E-state index in [4.69, 9.17) is 5.73 Å². The van der Waals surface area contributed by atoms with Gasteiger partial charge in [0.15, 0.2) is 0 Å². The molecule has 0 unspecified atom stereocenters. The number of nitrogens with zero attached hydrogens (tertiary/aromatic N) is 1. The minimum absolute atomic E-state index is 0.0648. The third kappa shape index (κ3) is 2.33. The van der Waals surface area contributed by atoms with Crippen LogP contribution in [0.4, 0.5) is 0 Å². The van der Waals surface area contributed by atoms with Crippen LogP contribution in [0, 0.1) is 6.92 Å². The molecule has 17 heavy (non-hydrogen) atoms. The fourth-order valence-corrected chi connectivity index (χ4v) is 2.24. The van der Waals surface area contributed by atoms with Gasteiger partial charge in [0.1, 0.15) is 0 Å². The van der Waals surface area contributed by atoms with Gasteiger partial charge in [0, 0.05) is 22.8 Å². The number of rotatable bonds is 2. The zero-order valence-corrected chi connectivity index (χ0v) is 11.1. The predicted octanol–water partition coefficient (Wildman–Crippen LogP) is 2.37. The van der Waals surface area contributed by atoms with Gasteiger partial charge in [-0.05, 0) is 40.5 Å². The molecule has 2 aromatic rings. The van der Waals surface area contributed by atoms with Crippen LogP contribution in [0.1, 0.15) is 11.1 Å². The highest BCUT2D eigenvalue weighted by Gasteiger charge is 2.07. The summed E-state index contributed by atoms with van der Waals surface area (Å²) >= 11 is 3.39. The first-order valence-corrected chi connectivity index (χ1v) is 6.10. The molecule has 88 valence electrons. The van der Waals surface area contributed by atoms with Crippen LogP contribution in [-0.2, 0) is 6.54 Å². The van der Waals surface area contributed by atoms with Crippen LogP contribution in [0.25, 0.3) is 5.69 Å². The van der Waals surface area contributed by atoms with Gasteiger partial charge >= 0.3 is 0 Å². The number of para-hydroxylation sites is 1. The Kier molecular flexibility index (Phi) is 3.45. The number of nitrogens with two attached hydrogens (primary N) is 1. The molecule has 0 saturated carbocycles. The lowest BCUT2D eigenvalue weighted by atomic mass is 10.2. The predicted molar refractivity (Wildman–Crippen MR) is 72.4 cm³/mol. The van der Waals surface area contributed by atoms with Gasteiger partial charge < -0.3 is 5.73 Å². The summed E-state index contributed by atoms with van der Waals surface area (Å²) in [6.07, 6.45) is 1.77. The largest absolute Gasteiger partial charge is 0.326 e. The maximum atomic E-state index is 12.2. The van der Waals surface area contributed by atoms with Crippen LogP contribution in [0.15, 0.2) is 45.8 Å². The summed E-state index contributed by atoms with van der Waals surface area (Å²) in [4.78, 5) is 12.2. The minimum atomic E-state index is -0.0648. The monoisotopic (exact) mass is 292 g/mol. The highest BCUT2D eigenvalue weighted by Crippen LogP contribution is 2.15. The van der Waals surface area contributed by atoms with E-state index in [0.717, 1.165) is 15.7 Å². The maximum Gasteiger partial charge on any atom is 0.259 e. The van der Waals surface area contributed by atoms with Crippen molar-refractivity contribution in [2.45, 2.75) is 13.5 Å². The Bertz CT molecular complexity index is 605. The van der Waals surface area contributed by atoms with E-state index in [1.165, 1.54) is 0 Å². The number of aryl methyl sites for hydroxylation is 1. The Morgan fingerprint density at radius 3 is 2.71 bits per heavy atom. The molecule has 3 nitrogen and oxygen atoms in total. The van der Waals surface area contributed by atoms with E-state index < -0.39 is 0 Å². The molecule has 4 heteroatoms.